The fraction of sp³-hybridized carbons (Fsp3) is 0.312. The zero-order valence-corrected chi connectivity index (χ0v) is 25.0. The minimum atomic E-state index is -0.168. The Morgan fingerprint density at radius 3 is 2.22 bits per heavy atom. The van der Waals surface area contributed by atoms with E-state index in [2.05, 4.69) is 41.5 Å². The highest BCUT2D eigenvalue weighted by atomic mass is 32.1. The summed E-state index contributed by atoms with van der Waals surface area (Å²) >= 11 is 5.85. The largest absolute Gasteiger partial charge is 0.493 e. The van der Waals surface area contributed by atoms with E-state index in [0.29, 0.717) is 58.8 Å². The van der Waals surface area contributed by atoms with Crippen molar-refractivity contribution in [1.29, 1.82) is 0 Å². The molecule has 0 saturated carbocycles. The molecule has 0 atom stereocenters. The van der Waals surface area contributed by atoms with Crippen LogP contribution in [0.3, 0.4) is 0 Å². The first kappa shape index (κ1) is 29.7. The number of H-pyrrole nitrogens is 1. The van der Waals surface area contributed by atoms with Gasteiger partial charge in [-0.25, -0.2) is 0 Å². The maximum Gasteiger partial charge on any atom is 0.253 e. The molecular formula is C32H37N3O5S. The average Bonchev–Trinajstić information content (AvgIpc) is 2.98. The van der Waals surface area contributed by atoms with Gasteiger partial charge in [0.25, 0.3) is 5.56 Å². The fourth-order valence-corrected chi connectivity index (χ4v) is 5.01. The number of fused-ring (bicyclic) bond motifs is 1. The molecule has 0 aliphatic heterocycles. The van der Waals surface area contributed by atoms with Crippen LogP contribution in [0, 0.1) is 6.92 Å². The first-order valence-corrected chi connectivity index (χ1v) is 13.8. The molecular weight excluding hydrogens is 538 g/mol. The quantitative estimate of drug-likeness (QED) is 0.228. The van der Waals surface area contributed by atoms with Crippen molar-refractivity contribution in [3.8, 4) is 23.0 Å². The minimum Gasteiger partial charge on any atom is -0.493 e. The maximum atomic E-state index is 13.1. The Balaban J connectivity index is 1.53. The fourth-order valence-electron chi connectivity index (χ4n) is 4.75. The van der Waals surface area contributed by atoms with Crippen LogP contribution < -0.4 is 29.8 Å². The van der Waals surface area contributed by atoms with Crippen LogP contribution in [0.1, 0.15) is 22.3 Å². The Morgan fingerprint density at radius 2 is 1.51 bits per heavy atom. The van der Waals surface area contributed by atoms with E-state index in [4.69, 9.17) is 31.2 Å². The van der Waals surface area contributed by atoms with Gasteiger partial charge in [-0.3, -0.25) is 4.79 Å². The molecule has 8 nitrogen and oxygen atoms in total. The molecule has 216 valence electrons. The first-order chi connectivity index (χ1) is 19.8. The third-order valence-electron chi connectivity index (χ3n) is 6.96. The third kappa shape index (κ3) is 7.49. The van der Waals surface area contributed by atoms with Gasteiger partial charge in [-0.05, 0) is 67.4 Å². The molecule has 0 unspecified atom stereocenters. The molecule has 2 N–H and O–H groups in total. The van der Waals surface area contributed by atoms with Gasteiger partial charge in [0.15, 0.2) is 28.1 Å². The molecule has 4 rings (SSSR count). The van der Waals surface area contributed by atoms with Crippen LogP contribution in [0.4, 0.5) is 0 Å². The molecule has 0 bridgehead atoms. The van der Waals surface area contributed by atoms with Crippen LogP contribution in [0.5, 0.6) is 23.0 Å². The molecule has 0 radical (unpaired) electrons. The number of aromatic nitrogens is 1. The van der Waals surface area contributed by atoms with Gasteiger partial charge in [0, 0.05) is 30.1 Å². The molecule has 0 fully saturated rings. The number of aryl methyl sites for hydroxylation is 1. The van der Waals surface area contributed by atoms with Crippen molar-refractivity contribution in [3.63, 3.8) is 0 Å². The summed E-state index contributed by atoms with van der Waals surface area (Å²) in [5.41, 5.74) is 4.64. The predicted octanol–water partition coefficient (Wildman–Crippen LogP) is 5.03. The highest BCUT2D eigenvalue weighted by Crippen LogP contribution is 2.31. The number of methoxy groups -OCH3 is 4. The lowest BCUT2D eigenvalue weighted by atomic mass is 10.1. The highest BCUT2D eigenvalue weighted by molar-refractivity contribution is 7.80. The van der Waals surface area contributed by atoms with Crippen molar-refractivity contribution in [2.24, 2.45) is 0 Å². The van der Waals surface area contributed by atoms with Gasteiger partial charge in [-0.1, -0.05) is 35.9 Å². The molecule has 1 heterocycles. The van der Waals surface area contributed by atoms with Crippen molar-refractivity contribution < 1.29 is 18.9 Å². The van der Waals surface area contributed by atoms with Crippen LogP contribution >= 0.6 is 12.2 Å². The van der Waals surface area contributed by atoms with Crippen molar-refractivity contribution in [3.05, 3.63) is 93.3 Å². The van der Waals surface area contributed by atoms with E-state index in [1.165, 1.54) is 11.1 Å². The molecule has 0 aliphatic carbocycles. The number of nitrogens with zero attached hydrogens (tertiary/aromatic N) is 1. The maximum absolute atomic E-state index is 13.1. The summed E-state index contributed by atoms with van der Waals surface area (Å²) in [6.45, 7) is 3.71. The molecule has 0 aliphatic rings. The first-order valence-electron chi connectivity index (χ1n) is 13.4. The van der Waals surface area contributed by atoms with Gasteiger partial charge in [-0.15, -0.1) is 0 Å². The second-order valence-corrected chi connectivity index (χ2v) is 10.1. The summed E-state index contributed by atoms with van der Waals surface area (Å²) in [5.74, 6) is 2.54. The molecule has 1 aromatic heterocycles. The molecule has 9 heteroatoms. The molecule has 0 saturated heterocycles. The van der Waals surface area contributed by atoms with E-state index < -0.39 is 0 Å². The summed E-state index contributed by atoms with van der Waals surface area (Å²) < 4.78 is 21.6. The Bertz CT molecular complexity index is 1570. The van der Waals surface area contributed by atoms with E-state index >= 15 is 0 Å². The summed E-state index contributed by atoms with van der Waals surface area (Å²) in [6, 6.07) is 19.8. The van der Waals surface area contributed by atoms with E-state index in [1.807, 2.05) is 35.2 Å². The average molecular weight is 576 g/mol. The van der Waals surface area contributed by atoms with Gasteiger partial charge < -0.3 is 34.1 Å². The van der Waals surface area contributed by atoms with Gasteiger partial charge in [0.1, 0.15) is 0 Å². The van der Waals surface area contributed by atoms with E-state index in [0.717, 1.165) is 23.8 Å². The van der Waals surface area contributed by atoms with Crippen LogP contribution in [0.15, 0.2) is 65.5 Å². The minimum absolute atomic E-state index is 0.168. The number of benzene rings is 3. The summed E-state index contributed by atoms with van der Waals surface area (Å²) in [5, 5.41) is 4.83. The van der Waals surface area contributed by atoms with Crippen molar-refractivity contribution in [2.75, 3.05) is 41.5 Å². The number of hydrogen-bond donors (Lipinski definition) is 2. The molecule has 4 aromatic rings. The standard InChI is InChI=1S/C32H37N3O5S/c1-21-7-6-8-22(15-21)12-14-35(32(41)33-13-11-23-9-10-27(37-2)28(16-23)38-3)20-25-17-24-18-29(39-4)30(40-5)19-26(24)34-31(25)36/h6-10,15-19H,11-14,20H2,1-5H3,(H,33,41)(H,34,36). The van der Waals surface area contributed by atoms with E-state index in [1.54, 1.807) is 34.5 Å². The van der Waals surface area contributed by atoms with Crippen LogP contribution in [-0.4, -0.2) is 56.5 Å². The third-order valence-corrected chi connectivity index (χ3v) is 7.37. The van der Waals surface area contributed by atoms with Crippen LogP contribution in [0.2, 0.25) is 0 Å². The summed E-state index contributed by atoms with van der Waals surface area (Å²) in [6.07, 6.45) is 1.53. The van der Waals surface area contributed by atoms with Gasteiger partial charge >= 0.3 is 0 Å². The number of ether oxygens (including phenoxy) is 4. The van der Waals surface area contributed by atoms with E-state index in [9.17, 15) is 4.79 Å². The smallest absolute Gasteiger partial charge is 0.253 e. The Labute approximate surface area is 246 Å². The van der Waals surface area contributed by atoms with E-state index in [-0.39, 0.29) is 5.56 Å². The summed E-state index contributed by atoms with van der Waals surface area (Å²) in [7, 11) is 6.41. The number of pyridine rings is 1. The molecule has 0 spiro atoms. The zero-order chi connectivity index (χ0) is 29.4. The lowest BCUT2D eigenvalue weighted by Gasteiger charge is -2.26. The number of thiocarbonyl (C=S) groups is 1. The lowest BCUT2D eigenvalue weighted by molar-refractivity contribution is 0.354. The normalized spacial score (nSPS) is 10.8. The van der Waals surface area contributed by atoms with Crippen molar-refractivity contribution in [2.45, 2.75) is 26.3 Å². The molecule has 0 amide bonds. The Kier molecular flexibility index (Phi) is 10.1. The SMILES string of the molecule is COc1ccc(CCNC(=S)N(CCc2cccc(C)c2)Cc2cc3cc(OC)c(OC)cc3[nH]c2=O)cc1OC. The summed E-state index contributed by atoms with van der Waals surface area (Å²) in [4.78, 5) is 18.2. The predicted molar refractivity (Wildman–Crippen MR) is 167 cm³/mol. The van der Waals surface area contributed by atoms with Crippen LogP contribution in [0.25, 0.3) is 10.9 Å². The second-order valence-electron chi connectivity index (χ2n) is 9.75. The second kappa shape index (κ2) is 13.9. The van der Waals surface area contributed by atoms with Gasteiger partial charge in [0.05, 0.1) is 40.5 Å². The Morgan fingerprint density at radius 1 is 0.829 bits per heavy atom. The number of rotatable bonds is 12. The van der Waals surface area contributed by atoms with Gasteiger partial charge in [-0.2, -0.15) is 0 Å². The molecule has 3 aromatic carbocycles. The van der Waals surface area contributed by atoms with Gasteiger partial charge in [0.2, 0.25) is 0 Å². The number of hydrogen-bond acceptors (Lipinski definition) is 6. The van der Waals surface area contributed by atoms with Crippen molar-refractivity contribution >= 4 is 28.2 Å². The molecule has 41 heavy (non-hydrogen) atoms. The topological polar surface area (TPSA) is 85.1 Å². The Hall–Kier alpha value is -4.24. The van der Waals surface area contributed by atoms with Crippen LogP contribution in [-0.2, 0) is 19.4 Å². The zero-order valence-electron chi connectivity index (χ0n) is 24.2. The lowest BCUT2D eigenvalue weighted by Crippen LogP contribution is -2.42. The van der Waals surface area contributed by atoms with Crippen molar-refractivity contribution in [1.82, 2.24) is 15.2 Å². The number of nitrogens with one attached hydrogen (secondary N) is 2. The monoisotopic (exact) mass is 575 g/mol. The highest BCUT2D eigenvalue weighted by Gasteiger charge is 2.15. The number of aromatic amines is 1.